The Labute approximate surface area is 234 Å². The van der Waals surface area contributed by atoms with E-state index >= 15 is 0 Å². The fraction of sp³-hybridized carbons (Fsp3) is 0.0789. The highest BCUT2D eigenvalue weighted by Gasteiger charge is 2.37. The number of nitrogens with zero attached hydrogens (tertiary/aromatic N) is 2. The van der Waals surface area contributed by atoms with Gasteiger partial charge in [-0.15, -0.1) is 0 Å². The van der Waals surface area contributed by atoms with Gasteiger partial charge < -0.3 is 4.90 Å². The molecule has 2 heteroatoms. The van der Waals surface area contributed by atoms with Crippen molar-refractivity contribution in [2.24, 2.45) is 0 Å². The summed E-state index contributed by atoms with van der Waals surface area (Å²) in [6, 6.07) is 44.2. The minimum Gasteiger partial charge on any atom is -0.309 e. The van der Waals surface area contributed by atoms with Crippen LogP contribution in [0.2, 0.25) is 0 Å². The van der Waals surface area contributed by atoms with Crippen molar-refractivity contribution in [3.8, 4) is 11.1 Å². The second-order valence-electron chi connectivity index (χ2n) is 11.2. The lowest BCUT2D eigenvalue weighted by Crippen LogP contribution is -2.30. The predicted molar refractivity (Wildman–Crippen MR) is 169 cm³/mol. The summed E-state index contributed by atoms with van der Waals surface area (Å²) in [4.78, 5) is 7.15. The fourth-order valence-electron chi connectivity index (χ4n) is 6.81. The van der Waals surface area contributed by atoms with E-state index in [9.17, 15) is 0 Å². The molecule has 1 aliphatic rings. The molecule has 8 rings (SSSR count). The van der Waals surface area contributed by atoms with E-state index in [2.05, 4.69) is 145 Å². The monoisotopic (exact) mass is 512 g/mol. The Morgan fingerprint density at radius 2 is 1.15 bits per heavy atom. The Bertz CT molecular complexity index is 2000. The van der Waals surface area contributed by atoms with E-state index in [1.54, 1.807) is 0 Å². The largest absolute Gasteiger partial charge is 0.309 e. The SMILES string of the molecule is CC1(C)c2ccccc2N(c2c3ccccc3c(-c3ccc4ccccc4c3)c3ccncc23)c2ccccc21. The van der Waals surface area contributed by atoms with Crippen molar-refractivity contribution in [1.82, 2.24) is 4.98 Å². The third-order valence-corrected chi connectivity index (χ3v) is 8.70. The number of benzene rings is 6. The van der Waals surface area contributed by atoms with Crippen molar-refractivity contribution < 1.29 is 0 Å². The first-order chi connectivity index (χ1) is 19.6. The van der Waals surface area contributed by atoms with Crippen LogP contribution in [-0.2, 0) is 5.41 Å². The van der Waals surface area contributed by atoms with Gasteiger partial charge in [-0.25, -0.2) is 0 Å². The standard InChI is InChI=1S/C38H28N2/c1-38(2)32-15-7-9-17-34(32)40(35-18-10-8-16-33(35)38)37-30-14-6-5-13-28(30)36(29-21-22-39-24-31(29)37)27-20-19-25-11-3-4-12-26(25)23-27/h3-24H,1-2H3. The number of fused-ring (bicyclic) bond motifs is 5. The molecule has 0 bridgehead atoms. The summed E-state index contributed by atoms with van der Waals surface area (Å²) >= 11 is 0. The fourth-order valence-corrected chi connectivity index (χ4v) is 6.81. The van der Waals surface area contributed by atoms with Gasteiger partial charge in [0.25, 0.3) is 0 Å². The van der Waals surface area contributed by atoms with Gasteiger partial charge in [0.05, 0.1) is 17.1 Å². The van der Waals surface area contributed by atoms with E-state index < -0.39 is 0 Å². The maximum absolute atomic E-state index is 4.67. The Morgan fingerprint density at radius 3 is 1.90 bits per heavy atom. The highest BCUT2D eigenvalue weighted by Crippen LogP contribution is 2.55. The molecule has 0 atom stereocenters. The van der Waals surface area contributed by atoms with Gasteiger partial charge in [0.1, 0.15) is 0 Å². The van der Waals surface area contributed by atoms with Crippen LogP contribution in [0.3, 0.4) is 0 Å². The van der Waals surface area contributed by atoms with Crippen molar-refractivity contribution in [2.45, 2.75) is 19.3 Å². The van der Waals surface area contributed by atoms with Crippen molar-refractivity contribution >= 4 is 49.4 Å². The summed E-state index contributed by atoms with van der Waals surface area (Å²) in [5.74, 6) is 0. The summed E-state index contributed by atoms with van der Waals surface area (Å²) in [5, 5.41) is 7.31. The second-order valence-corrected chi connectivity index (χ2v) is 11.2. The summed E-state index contributed by atoms with van der Waals surface area (Å²) < 4.78 is 0. The minimum atomic E-state index is -0.113. The molecule has 0 N–H and O–H groups in total. The number of aromatic nitrogens is 1. The zero-order valence-electron chi connectivity index (χ0n) is 22.6. The normalized spacial score (nSPS) is 13.9. The summed E-state index contributed by atoms with van der Waals surface area (Å²) in [6.07, 6.45) is 3.97. The maximum atomic E-state index is 4.67. The number of para-hydroxylation sites is 2. The molecule has 0 saturated heterocycles. The molecule has 2 heterocycles. The average molecular weight is 513 g/mol. The van der Waals surface area contributed by atoms with Crippen LogP contribution in [0.15, 0.2) is 134 Å². The number of pyridine rings is 1. The van der Waals surface area contributed by atoms with Crippen molar-refractivity contribution in [3.63, 3.8) is 0 Å². The van der Waals surface area contributed by atoms with Gasteiger partial charge >= 0.3 is 0 Å². The molecular weight excluding hydrogens is 484 g/mol. The third-order valence-electron chi connectivity index (χ3n) is 8.70. The smallest absolute Gasteiger partial charge is 0.0634 e. The van der Waals surface area contributed by atoms with Gasteiger partial charge in [-0.05, 0) is 68.1 Å². The Hall–Kier alpha value is -4.95. The molecule has 1 aliphatic heterocycles. The van der Waals surface area contributed by atoms with Gasteiger partial charge in [-0.3, -0.25) is 4.98 Å². The van der Waals surface area contributed by atoms with E-state index in [0.29, 0.717) is 0 Å². The predicted octanol–water partition coefficient (Wildman–Crippen LogP) is 10.3. The first kappa shape index (κ1) is 23.0. The van der Waals surface area contributed by atoms with E-state index in [0.717, 1.165) is 5.39 Å². The first-order valence-corrected chi connectivity index (χ1v) is 13.9. The van der Waals surface area contributed by atoms with E-state index in [1.165, 1.54) is 66.2 Å². The number of hydrogen-bond donors (Lipinski definition) is 0. The van der Waals surface area contributed by atoms with Crippen molar-refractivity contribution in [1.29, 1.82) is 0 Å². The van der Waals surface area contributed by atoms with E-state index in [1.807, 2.05) is 12.4 Å². The highest BCUT2D eigenvalue weighted by molar-refractivity contribution is 6.22. The molecule has 40 heavy (non-hydrogen) atoms. The Kier molecular flexibility index (Phi) is 4.90. The summed E-state index contributed by atoms with van der Waals surface area (Å²) in [7, 11) is 0. The van der Waals surface area contributed by atoms with Gasteiger partial charge in [0.15, 0.2) is 0 Å². The van der Waals surface area contributed by atoms with Gasteiger partial charge in [0, 0.05) is 28.6 Å². The molecule has 0 radical (unpaired) electrons. The topological polar surface area (TPSA) is 16.1 Å². The third kappa shape index (κ3) is 3.20. The molecule has 0 aliphatic carbocycles. The molecule has 190 valence electrons. The van der Waals surface area contributed by atoms with Crippen LogP contribution in [0.1, 0.15) is 25.0 Å². The van der Waals surface area contributed by atoms with Crippen molar-refractivity contribution in [2.75, 3.05) is 4.90 Å². The van der Waals surface area contributed by atoms with Crippen LogP contribution in [0.25, 0.3) is 43.4 Å². The van der Waals surface area contributed by atoms with Crippen LogP contribution < -0.4 is 4.90 Å². The molecular formula is C38H28N2. The zero-order valence-corrected chi connectivity index (χ0v) is 22.6. The molecule has 6 aromatic carbocycles. The molecule has 0 amide bonds. The van der Waals surface area contributed by atoms with E-state index in [4.69, 9.17) is 0 Å². The minimum absolute atomic E-state index is 0.113. The van der Waals surface area contributed by atoms with Crippen LogP contribution >= 0.6 is 0 Å². The molecule has 7 aromatic rings. The van der Waals surface area contributed by atoms with Crippen LogP contribution in [-0.4, -0.2) is 4.98 Å². The van der Waals surface area contributed by atoms with Crippen LogP contribution in [0.5, 0.6) is 0 Å². The number of rotatable bonds is 2. The molecule has 0 saturated carbocycles. The maximum Gasteiger partial charge on any atom is 0.0634 e. The second kappa shape index (κ2) is 8.53. The lowest BCUT2D eigenvalue weighted by Gasteiger charge is -2.42. The molecule has 0 spiro atoms. The lowest BCUT2D eigenvalue weighted by molar-refractivity contribution is 0.632. The zero-order chi connectivity index (χ0) is 26.8. The summed E-state index contributed by atoms with van der Waals surface area (Å²) in [6.45, 7) is 4.67. The van der Waals surface area contributed by atoms with Gasteiger partial charge in [-0.1, -0.05) is 111 Å². The van der Waals surface area contributed by atoms with Crippen LogP contribution in [0, 0.1) is 0 Å². The first-order valence-electron chi connectivity index (χ1n) is 13.9. The highest BCUT2D eigenvalue weighted by atomic mass is 15.2. The average Bonchev–Trinajstić information content (AvgIpc) is 3.01. The number of anilines is 3. The van der Waals surface area contributed by atoms with Crippen LogP contribution in [0.4, 0.5) is 17.1 Å². The number of hydrogen-bond acceptors (Lipinski definition) is 2. The quantitative estimate of drug-likeness (QED) is 0.214. The molecule has 2 nitrogen and oxygen atoms in total. The Morgan fingerprint density at radius 1 is 0.550 bits per heavy atom. The molecule has 0 unspecified atom stereocenters. The Balaban J connectivity index is 1.52. The molecule has 1 aromatic heterocycles. The summed E-state index contributed by atoms with van der Waals surface area (Å²) in [5.41, 5.74) is 8.64. The van der Waals surface area contributed by atoms with Gasteiger partial charge in [0.2, 0.25) is 0 Å². The molecule has 0 fully saturated rings. The van der Waals surface area contributed by atoms with Gasteiger partial charge in [-0.2, -0.15) is 0 Å². The van der Waals surface area contributed by atoms with Crippen molar-refractivity contribution in [3.05, 3.63) is 145 Å². The van der Waals surface area contributed by atoms with E-state index in [-0.39, 0.29) is 5.41 Å². The lowest BCUT2D eigenvalue weighted by atomic mass is 9.73.